The van der Waals surface area contributed by atoms with Crippen LogP contribution in [0.3, 0.4) is 0 Å². The monoisotopic (exact) mass is 486 g/mol. The fourth-order valence-corrected chi connectivity index (χ4v) is 4.64. The molecule has 30 heavy (non-hydrogen) atoms. The van der Waals surface area contributed by atoms with Gasteiger partial charge in [-0.15, -0.1) is 11.3 Å². The van der Waals surface area contributed by atoms with E-state index in [0.29, 0.717) is 46.0 Å². The van der Waals surface area contributed by atoms with E-state index in [4.69, 9.17) is 10.5 Å². The van der Waals surface area contributed by atoms with E-state index < -0.39 is 5.97 Å². The molecule has 0 bridgehead atoms. The Bertz CT molecular complexity index is 1060. The molecule has 1 heterocycles. The Labute approximate surface area is 188 Å². The molecule has 0 aliphatic heterocycles. The number of nitrogens with two attached hydrogens (primary N) is 1. The van der Waals surface area contributed by atoms with Gasteiger partial charge in [-0.2, -0.15) is 0 Å². The van der Waals surface area contributed by atoms with Crippen molar-refractivity contribution in [3.63, 3.8) is 0 Å². The van der Waals surface area contributed by atoms with Crippen LogP contribution in [0.2, 0.25) is 0 Å². The number of rotatable bonds is 8. The number of halogens is 1. The van der Waals surface area contributed by atoms with Crippen molar-refractivity contribution >= 4 is 49.7 Å². The Kier molecular flexibility index (Phi) is 7.42. The maximum atomic E-state index is 13.3. The minimum Gasteiger partial charge on any atom is -0.465 e. The number of ether oxygens (including phenoxy) is 1. The van der Waals surface area contributed by atoms with Crippen LogP contribution >= 0.6 is 27.3 Å². The van der Waals surface area contributed by atoms with Crippen molar-refractivity contribution in [3.8, 4) is 0 Å². The van der Waals surface area contributed by atoms with E-state index in [9.17, 15) is 9.59 Å². The largest absolute Gasteiger partial charge is 0.465 e. The average molecular weight is 487 g/mol. The highest BCUT2D eigenvalue weighted by molar-refractivity contribution is 9.10. The Morgan fingerprint density at radius 2 is 1.90 bits per heavy atom. The number of anilines is 2. The van der Waals surface area contributed by atoms with Crippen LogP contribution in [0.5, 0.6) is 0 Å². The first-order valence-corrected chi connectivity index (χ1v) is 11.1. The Morgan fingerprint density at radius 3 is 2.53 bits per heavy atom. The number of ketones is 1. The van der Waals surface area contributed by atoms with Crippen molar-refractivity contribution < 1.29 is 14.3 Å². The number of carbonyl (C=O) groups is 2. The van der Waals surface area contributed by atoms with Gasteiger partial charge < -0.3 is 15.8 Å². The SMILES string of the molecule is COC(=O)c1c(Nc2cccc(C)c2)sc(C(=O)c2ccc(Br)cc2)c1CCCN. The molecule has 0 saturated heterocycles. The van der Waals surface area contributed by atoms with Crippen LogP contribution in [0.15, 0.2) is 53.0 Å². The molecule has 156 valence electrons. The lowest BCUT2D eigenvalue weighted by molar-refractivity contribution is 0.0601. The molecular formula is C23H23BrN2O3S. The van der Waals surface area contributed by atoms with Gasteiger partial charge in [-0.25, -0.2) is 4.79 Å². The number of benzene rings is 2. The summed E-state index contributed by atoms with van der Waals surface area (Å²) in [5.41, 5.74) is 9.29. The highest BCUT2D eigenvalue weighted by atomic mass is 79.9. The highest BCUT2D eigenvalue weighted by Crippen LogP contribution is 2.38. The summed E-state index contributed by atoms with van der Waals surface area (Å²) in [6, 6.07) is 15.0. The van der Waals surface area contributed by atoms with E-state index in [2.05, 4.69) is 21.2 Å². The second-order valence-electron chi connectivity index (χ2n) is 6.83. The molecule has 0 atom stereocenters. The van der Waals surface area contributed by atoms with Gasteiger partial charge in [0.15, 0.2) is 0 Å². The van der Waals surface area contributed by atoms with E-state index in [-0.39, 0.29) is 5.78 Å². The second-order valence-corrected chi connectivity index (χ2v) is 8.76. The van der Waals surface area contributed by atoms with Gasteiger partial charge in [-0.05, 0) is 73.8 Å². The zero-order valence-corrected chi connectivity index (χ0v) is 19.2. The lowest BCUT2D eigenvalue weighted by atomic mass is 10.00. The van der Waals surface area contributed by atoms with E-state index in [1.807, 2.05) is 43.3 Å². The molecule has 0 spiro atoms. The highest BCUT2D eigenvalue weighted by Gasteiger charge is 2.28. The summed E-state index contributed by atoms with van der Waals surface area (Å²) in [5.74, 6) is -0.592. The Hall–Kier alpha value is -2.48. The van der Waals surface area contributed by atoms with Crippen molar-refractivity contribution in [1.29, 1.82) is 0 Å². The number of esters is 1. The van der Waals surface area contributed by atoms with Crippen LogP contribution in [-0.2, 0) is 11.2 Å². The van der Waals surface area contributed by atoms with E-state index in [0.717, 1.165) is 15.7 Å². The molecule has 1 aromatic heterocycles. The normalized spacial score (nSPS) is 10.7. The first kappa shape index (κ1) is 22.2. The van der Waals surface area contributed by atoms with Gasteiger partial charge in [0.25, 0.3) is 0 Å². The van der Waals surface area contributed by atoms with Crippen LogP contribution in [0, 0.1) is 6.92 Å². The van der Waals surface area contributed by atoms with Gasteiger partial charge in [0.2, 0.25) is 5.78 Å². The summed E-state index contributed by atoms with van der Waals surface area (Å²) < 4.78 is 5.95. The molecule has 3 rings (SSSR count). The number of carbonyl (C=O) groups excluding carboxylic acids is 2. The second kappa shape index (κ2) is 10.0. The number of hydrogen-bond donors (Lipinski definition) is 2. The number of nitrogens with one attached hydrogen (secondary N) is 1. The molecule has 2 aromatic carbocycles. The van der Waals surface area contributed by atoms with Crippen LogP contribution < -0.4 is 11.1 Å². The maximum Gasteiger partial charge on any atom is 0.341 e. The summed E-state index contributed by atoms with van der Waals surface area (Å²) in [6.07, 6.45) is 1.18. The molecule has 0 amide bonds. The van der Waals surface area contributed by atoms with Crippen LogP contribution in [0.25, 0.3) is 0 Å². The molecule has 0 saturated carbocycles. The van der Waals surface area contributed by atoms with Crippen LogP contribution in [0.1, 0.15) is 43.1 Å². The molecule has 0 fully saturated rings. The smallest absolute Gasteiger partial charge is 0.341 e. The predicted octanol–water partition coefficient (Wildman–Crippen LogP) is 5.47. The first-order valence-electron chi connectivity index (χ1n) is 9.52. The summed E-state index contributed by atoms with van der Waals surface area (Å²) in [5, 5.41) is 3.91. The zero-order chi connectivity index (χ0) is 21.7. The third-order valence-electron chi connectivity index (χ3n) is 4.62. The fourth-order valence-electron chi connectivity index (χ4n) is 3.16. The first-order chi connectivity index (χ1) is 14.4. The fraction of sp³-hybridized carbons (Fsp3) is 0.217. The van der Waals surface area contributed by atoms with E-state index in [1.165, 1.54) is 18.4 Å². The molecule has 0 radical (unpaired) electrons. The van der Waals surface area contributed by atoms with Gasteiger partial charge in [0.1, 0.15) is 5.00 Å². The summed E-state index contributed by atoms with van der Waals surface area (Å²) in [4.78, 5) is 26.5. The molecule has 0 aliphatic rings. The summed E-state index contributed by atoms with van der Waals surface area (Å²) in [6.45, 7) is 2.46. The molecule has 7 heteroatoms. The van der Waals surface area contributed by atoms with E-state index >= 15 is 0 Å². The van der Waals surface area contributed by atoms with Crippen molar-refractivity contribution in [2.24, 2.45) is 5.73 Å². The number of methoxy groups -OCH3 is 1. The van der Waals surface area contributed by atoms with Crippen molar-refractivity contribution in [2.45, 2.75) is 19.8 Å². The average Bonchev–Trinajstić information content (AvgIpc) is 3.09. The van der Waals surface area contributed by atoms with Gasteiger partial charge in [-0.3, -0.25) is 4.79 Å². The van der Waals surface area contributed by atoms with Gasteiger partial charge in [0.05, 0.1) is 17.6 Å². The Morgan fingerprint density at radius 1 is 1.17 bits per heavy atom. The van der Waals surface area contributed by atoms with Crippen molar-refractivity contribution in [3.05, 3.63) is 80.1 Å². The van der Waals surface area contributed by atoms with Gasteiger partial charge in [-0.1, -0.05) is 28.1 Å². The third kappa shape index (κ3) is 4.98. The lowest BCUT2D eigenvalue weighted by Gasteiger charge is -2.09. The van der Waals surface area contributed by atoms with Crippen LogP contribution in [0.4, 0.5) is 10.7 Å². The predicted molar refractivity (Wildman–Crippen MR) is 125 cm³/mol. The maximum absolute atomic E-state index is 13.3. The number of hydrogen-bond acceptors (Lipinski definition) is 6. The van der Waals surface area contributed by atoms with Gasteiger partial charge >= 0.3 is 5.97 Å². The zero-order valence-electron chi connectivity index (χ0n) is 16.8. The number of thiophene rings is 1. The molecule has 3 N–H and O–H groups in total. The number of aryl methyl sites for hydroxylation is 1. The topological polar surface area (TPSA) is 81.4 Å². The molecular weight excluding hydrogens is 464 g/mol. The summed E-state index contributed by atoms with van der Waals surface area (Å²) in [7, 11) is 1.35. The molecule has 3 aromatic rings. The quantitative estimate of drug-likeness (QED) is 0.325. The minimum atomic E-state index is -0.469. The molecule has 5 nitrogen and oxygen atoms in total. The standard InChI is InChI=1S/C23H23BrN2O3S/c1-14-5-3-6-17(13-14)26-22-19(23(28)29-2)18(7-4-12-25)21(30-22)20(27)15-8-10-16(24)11-9-15/h3,5-6,8-11,13,26H,4,7,12,25H2,1-2H3. The van der Waals surface area contributed by atoms with Crippen molar-refractivity contribution in [2.75, 3.05) is 19.0 Å². The third-order valence-corrected chi connectivity index (χ3v) is 6.29. The van der Waals surface area contributed by atoms with Crippen molar-refractivity contribution in [1.82, 2.24) is 0 Å². The van der Waals surface area contributed by atoms with Gasteiger partial charge in [0, 0.05) is 15.7 Å². The van der Waals surface area contributed by atoms with Crippen LogP contribution in [-0.4, -0.2) is 25.4 Å². The molecule has 0 unspecified atom stereocenters. The molecule has 0 aliphatic carbocycles. The lowest BCUT2D eigenvalue weighted by Crippen LogP contribution is -2.11. The summed E-state index contributed by atoms with van der Waals surface area (Å²) >= 11 is 4.67. The Balaban J connectivity index is 2.12. The minimum absolute atomic E-state index is 0.123. The van der Waals surface area contributed by atoms with E-state index in [1.54, 1.807) is 12.1 Å².